The number of hydrogen-bond donors (Lipinski definition) is 0. The summed E-state index contributed by atoms with van der Waals surface area (Å²) in [5, 5.41) is 9.32. The van der Waals surface area contributed by atoms with Crippen LogP contribution in [0.3, 0.4) is 0 Å². The lowest BCUT2D eigenvalue weighted by Gasteiger charge is -2.09. The minimum Gasteiger partial charge on any atom is -0.493 e. The molecule has 1 aromatic heterocycles. The minimum absolute atomic E-state index is 0.398. The lowest BCUT2D eigenvalue weighted by atomic mass is 10.2. The standard InChI is InChI=1S/C19H21N3O2S/c1-15-8-6-7-11-17(15)24-14-18-20-21-19(22(18)2)25-13-12-23-16-9-4-3-5-10-16/h3-11H,12-14H2,1-2H3. The Morgan fingerprint density at radius 3 is 2.52 bits per heavy atom. The summed E-state index contributed by atoms with van der Waals surface area (Å²) < 4.78 is 13.5. The number of ether oxygens (including phenoxy) is 2. The second-order valence-corrected chi connectivity index (χ2v) is 6.58. The monoisotopic (exact) mass is 355 g/mol. The van der Waals surface area contributed by atoms with E-state index in [9.17, 15) is 0 Å². The highest BCUT2D eigenvalue weighted by atomic mass is 32.2. The first-order chi connectivity index (χ1) is 12.2. The number of para-hydroxylation sites is 2. The van der Waals surface area contributed by atoms with Crippen molar-refractivity contribution in [1.29, 1.82) is 0 Å². The van der Waals surface area contributed by atoms with Crippen molar-refractivity contribution in [3.8, 4) is 11.5 Å². The molecule has 3 rings (SSSR count). The predicted molar refractivity (Wildman–Crippen MR) is 99.2 cm³/mol. The van der Waals surface area contributed by atoms with E-state index >= 15 is 0 Å². The molecule has 0 saturated carbocycles. The zero-order valence-corrected chi connectivity index (χ0v) is 15.2. The van der Waals surface area contributed by atoms with Gasteiger partial charge in [0.2, 0.25) is 0 Å². The van der Waals surface area contributed by atoms with Crippen LogP contribution in [0.5, 0.6) is 11.5 Å². The second kappa shape index (κ2) is 8.58. The van der Waals surface area contributed by atoms with Crippen molar-refractivity contribution < 1.29 is 9.47 Å². The molecule has 0 bridgehead atoms. The summed E-state index contributed by atoms with van der Waals surface area (Å²) in [5.74, 6) is 3.36. The van der Waals surface area contributed by atoms with Crippen LogP contribution < -0.4 is 9.47 Å². The predicted octanol–water partition coefficient (Wildman–Crippen LogP) is 3.87. The highest BCUT2D eigenvalue weighted by Crippen LogP contribution is 2.20. The molecule has 0 spiro atoms. The van der Waals surface area contributed by atoms with Crippen LogP contribution in [0.25, 0.3) is 0 Å². The van der Waals surface area contributed by atoms with E-state index in [1.54, 1.807) is 11.8 Å². The largest absolute Gasteiger partial charge is 0.493 e. The van der Waals surface area contributed by atoms with Crippen LogP contribution in [0.2, 0.25) is 0 Å². The summed E-state index contributed by atoms with van der Waals surface area (Å²) in [5.41, 5.74) is 1.11. The third kappa shape index (κ3) is 4.76. The van der Waals surface area contributed by atoms with Crippen LogP contribution in [0, 0.1) is 6.92 Å². The molecule has 6 heteroatoms. The first kappa shape index (κ1) is 17.4. The van der Waals surface area contributed by atoms with Gasteiger partial charge in [0, 0.05) is 12.8 Å². The molecule has 0 aliphatic rings. The Kier molecular flexibility index (Phi) is 5.95. The number of benzene rings is 2. The summed E-state index contributed by atoms with van der Waals surface area (Å²) in [4.78, 5) is 0. The summed E-state index contributed by atoms with van der Waals surface area (Å²) in [6.07, 6.45) is 0. The first-order valence-corrected chi connectivity index (χ1v) is 9.10. The highest BCUT2D eigenvalue weighted by Gasteiger charge is 2.10. The number of hydrogen-bond acceptors (Lipinski definition) is 5. The van der Waals surface area contributed by atoms with Gasteiger partial charge in [0.15, 0.2) is 11.0 Å². The van der Waals surface area contributed by atoms with E-state index in [0.717, 1.165) is 33.8 Å². The maximum absolute atomic E-state index is 5.84. The summed E-state index contributed by atoms with van der Waals surface area (Å²) in [6, 6.07) is 17.8. The molecular weight excluding hydrogens is 334 g/mol. The Morgan fingerprint density at radius 1 is 0.960 bits per heavy atom. The van der Waals surface area contributed by atoms with Crippen molar-refractivity contribution in [2.75, 3.05) is 12.4 Å². The number of nitrogens with zero attached hydrogens (tertiary/aromatic N) is 3. The van der Waals surface area contributed by atoms with Gasteiger partial charge in [0.1, 0.15) is 18.1 Å². The number of aryl methyl sites for hydroxylation is 1. The molecule has 2 aromatic carbocycles. The van der Waals surface area contributed by atoms with Crippen LogP contribution in [0.4, 0.5) is 0 Å². The van der Waals surface area contributed by atoms with Crippen molar-refractivity contribution in [1.82, 2.24) is 14.8 Å². The van der Waals surface area contributed by atoms with Gasteiger partial charge in [-0.2, -0.15) is 0 Å². The second-order valence-electron chi connectivity index (χ2n) is 5.52. The van der Waals surface area contributed by atoms with Gasteiger partial charge in [-0.25, -0.2) is 0 Å². The number of thioether (sulfide) groups is 1. The lowest BCUT2D eigenvalue weighted by molar-refractivity contribution is 0.288. The van der Waals surface area contributed by atoms with Gasteiger partial charge in [-0.15, -0.1) is 10.2 Å². The van der Waals surface area contributed by atoms with Gasteiger partial charge in [-0.05, 0) is 30.7 Å². The molecule has 0 aliphatic heterocycles. The highest BCUT2D eigenvalue weighted by molar-refractivity contribution is 7.99. The average Bonchev–Trinajstić information content (AvgIpc) is 2.99. The molecule has 0 fully saturated rings. The molecule has 0 atom stereocenters. The number of aromatic nitrogens is 3. The zero-order chi connectivity index (χ0) is 17.5. The molecule has 0 unspecified atom stereocenters. The van der Waals surface area contributed by atoms with Crippen LogP contribution in [-0.2, 0) is 13.7 Å². The zero-order valence-electron chi connectivity index (χ0n) is 14.4. The van der Waals surface area contributed by atoms with Gasteiger partial charge in [-0.3, -0.25) is 0 Å². The maximum Gasteiger partial charge on any atom is 0.191 e. The minimum atomic E-state index is 0.398. The third-order valence-corrected chi connectivity index (χ3v) is 4.69. The van der Waals surface area contributed by atoms with Crippen LogP contribution in [0.1, 0.15) is 11.4 Å². The molecule has 0 N–H and O–H groups in total. The first-order valence-electron chi connectivity index (χ1n) is 8.11. The number of rotatable bonds is 8. The maximum atomic E-state index is 5.84. The van der Waals surface area contributed by atoms with Crippen LogP contribution in [0.15, 0.2) is 59.8 Å². The average molecular weight is 355 g/mol. The SMILES string of the molecule is Cc1ccccc1OCc1nnc(SCCOc2ccccc2)n1C. The Labute approximate surface area is 152 Å². The van der Waals surface area contributed by atoms with Gasteiger partial charge >= 0.3 is 0 Å². The van der Waals surface area contributed by atoms with Gasteiger partial charge in [0.25, 0.3) is 0 Å². The quantitative estimate of drug-likeness (QED) is 0.453. The van der Waals surface area contributed by atoms with E-state index in [4.69, 9.17) is 9.47 Å². The van der Waals surface area contributed by atoms with E-state index < -0.39 is 0 Å². The van der Waals surface area contributed by atoms with Gasteiger partial charge in [0.05, 0.1) is 6.61 Å². The molecule has 0 radical (unpaired) electrons. The fourth-order valence-corrected chi connectivity index (χ4v) is 3.01. The van der Waals surface area contributed by atoms with E-state index in [0.29, 0.717) is 13.2 Å². The molecule has 0 amide bonds. The van der Waals surface area contributed by atoms with Crippen molar-refractivity contribution in [2.24, 2.45) is 7.05 Å². The normalized spacial score (nSPS) is 10.6. The molecule has 25 heavy (non-hydrogen) atoms. The van der Waals surface area contributed by atoms with Crippen LogP contribution >= 0.6 is 11.8 Å². The third-order valence-electron chi connectivity index (χ3n) is 3.70. The van der Waals surface area contributed by atoms with E-state index in [-0.39, 0.29) is 0 Å². The summed E-state index contributed by atoms with van der Waals surface area (Å²) in [7, 11) is 1.96. The molecule has 3 aromatic rings. The van der Waals surface area contributed by atoms with Crippen molar-refractivity contribution >= 4 is 11.8 Å². The Bertz CT molecular complexity index is 805. The lowest BCUT2D eigenvalue weighted by Crippen LogP contribution is -2.05. The molecule has 5 nitrogen and oxygen atoms in total. The molecule has 130 valence electrons. The van der Waals surface area contributed by atoms with E-state index in [1.807, 2.05) is 73.1 Å². The molecule has 1 heterocycles. The van der Waals surface area contributed by atoms with Crippen molar-refractivity contribution in [3.05, 3.63) is 66.0 Å². The Morgan fingerprint density at radius 2 is 1.72 bits per heavy atom. The van der Waals surface area contributed by atoms with Gasteiger partial charge in [-0.1, -0.05) is 48.2 Å². The Balaban J connectivity index is 1.48. The van der Waals surface area contributed by atoms with Gasteiger partial charge < -0.3 is 14.0 Å². The Hall–Kier alpha value is -2.47. The van der Waals surface area contributed by atoms with Crippen molar-refractivity contribution in [2.45, 2.75) is 18.7 Å². The fourth-order valence-electron chi connectivity index (χ4n) is 2.27. The molecular formula is C19H21N3O2S. The fraction of sp³-hybridized carbons (Fsp3) is 0.263. The topological polar surface area (TPSA) is 49.2 Å². The summed E-state index contributed by atoms with van der Waals surface area (Å²) in [6.45, 7) is 3.05. The van der Waals surface area contributed by atoms with E-state index in [1.165, 1.54) is 0 Å². The van der Waals surface area contributed by atoms with Crippen molar-refractivity contribution in [3.63, 3.8) is 0 Å². The summed E-state index contributed by atoms with van der Waals surface area (Å²) >= 11 is 1.62. The van der Waals surface area contributed by atoms with Crippen LogP contribution in [-0.4, -0.2) is 27.1 Å². The molecule has 0 saturated heterocycles. The smallest absolute Gasteiger partial charge is 0.191 e. The molecule has 0 aliphatic carbocycles. The van der Waals surface area contributed by atoms with E-state index in [2.05, 4.69) is 10.2 Å².